The fourth-order valence-electron chi connectivity index (χ4n) is 8.22. The number of carbonyl (C=O) groups is 3. The largest absolute Gasteiger partial charge is 0.495 e. The molecule has 3 aromatic rings. The van der Waals surface area contributed by atoms with E-state index in [1.165, 1.54) is 5.56 Å². The predicted molar refractivity (Wildman–Crippen MR) is 207 cm³/mol. The van der Waals surface area contributed by atoms with Gasteiger partial charge in [0.1, 0.15) is 5.75 Å². The number of nitrogens with two attached hydrogens (primary N) is 1. The van der Waals surface area contributed by atoms with Crippen LogP contribution in [0.25, 0.3) is 0 Å². The van der Waals surface area contributed by atoms with E-state index in [1.54, 1.807) is 7.11 Å². The van der Waals surface area contributed by atoms with Gasteiger partial charge in [0, 0.05) is 89.3 Å². The molecule has 1 aromatic heterocycles. The van der Waals surface area contributed by atoms with Crippen molar-refractivity contribution < 1.29 is 23.9 Å². The highest BCUT2D eigenvalue weighted by molar-refractivity contribution is 6.01. The summed E-state index contributed by atoms with van der Waals surface area (Å²) < 4.78 is 11.4. The molecule has 0 spiro atoms. The lowest BCUT2D eigenvalue weighted by Crippen LogP contribution is -2.53. The first-order valence-electron chi connectivity index (χ1n) is 19.4. The highest BCUT2D eigenvalue weighted by Crippen LogP contribution is 2.35. The normalized spacial score (nSPS) is 20.8. The SMILES string of the molecule is CCc1nc(C(N)=O)c(Nc2ccc(N3CCC(N4CCN(Cc5cccc(C6CCC(=O)NC6=O)c5)CC4)CC3)c(OC)c2)nc1NC1CCOCC1. The number of ether oxygens (including phenoxy) is 2. The molecule has 4 saturated heterocycles. The number of amides is 3. The maximum Gasteiger partial charge on any atom is 0.271 e. The van der Waals surface area contributed by atoms with Crippen molar-refractivity contribution in [1.82, 2.24) is 25.1 Å². The summed E-state index contributed by atoms with van der Waals surface area (Å²) in [5, 5.41) is 9.31. The van der Waals surface area contributed by atoms with Gasteiger partial charge in [-0.2, -0.15) is 0 Å². The van der Waals surface area contributed by atoms with E-state index in [0.29, 0.717) is 55.8 Å². The summed E-state index contributed by atoms with van der Waals surface area (Å²) in [6, 6.07) is 15.0. The Kier molecular flexibility index (Phi) is 11.9. The Morgan fingerprint density at radius 3 is 2.44 bits per heavy atom. The van der Waals surface area contributed by atoms with Crippen LogP contribution in [0.15, 0.2) is 42.5 Å². The Hall–Kier alpha value is -4.79. The highest BCUT2D eigenvalue weighted by Gasteiger charge is 2.30. The Morgan fingerprint density at radius 2 is 1.74 bits per heavy atom. The van der Waals surface area contributed by atoms with Gasteiger partial charge >= 0.3 is 0 Å². The standard InChI is InChI=1S/C40H53N9O5/c1-3-32-38(42-28-13-21-54-22-14-28)46-39(36(44-32)37(41)51)43-29-7-9-33(34(24-29)53-2)49-15-11-30(12-16-49)48-19-17-47(18-20-48)25-26-5-4-6-27(23-26)31-8-10-35(50)45-40(31)52/h4-7,9,23-24,28,30-31H,3,8,10-22,25H2,1-2H3,(H2,41,51)(H2,42,43,46)(H,45,50,52). The van der Waals surface area contributed by atoms with Gasteiger partial charge < -0.3 is 30.7 Å². The van der Waals surface area contributed by atoms with Crippen molar-refractivity contribution >= 4 is 40.7 Å². The van der Waals surface area contributed by atoms with E-state index in [0.717, 1.165) is 94.2 Å². The minimum Gasteiger partial charge on any atom is -0.495 e. The van der Waals surface area contributed by atoms with Gasteiger partial charge in [-0.15, -0.1) is 0 Å². The summed E-state index contributed by atoms with van der Waals surface area (Å²) in [6.07, 6.45) is 5.47. The number of anilines is 4. The van der Waals surface area contributed by atoms with Crippen molar-refractivity contribution in [3.63, 3.8) is 0 Å². The molecule has 1 atom stereocenters. The van der Waals surface area contributed by atoms with Crippen LogP contribution in [-0.4, -0.2) is 109 Å². The van der Waals surface area contributed by atoms with Crippen molar-refractivity contribution in [3.05, 3.63) is 65.0 Å². The van der Waals surface area contributed by atoms with Crippen LogP contribution in [0, 0.1) is 0 Å². The first-order chi connectivity index (χ1) is 26.3. The molecule has 5 heterocycles. The summed E-state index contributed by atoms with van der Waals surface area (Å²) in [5.74, 6) is 0.446. The van der Waals surface area contributed by atoms with E-state index in [4.69, 9.17) is 20.2 Å². The third kappa shape index (κ3) is 8.77. The van der Waals surface area contributed by atoms with Crippen LogP contribution in [0.5, 0.6) is 5.75 Å². The molecule has 1 unspecified atom stereocenters. The Morgan fingerprint density at radius 1 is 0.963 bits per heavy atom. The van der Waals surface area contributed by atoms with Crippen LogP contribution < -0.4 is 31.3 Å². The average molecular weight is 740 g/mol. The van der Waals surface area contributed by atoms with Crippen LogP contribution in [0.4, 0.5) is 23.0 Å². The number of piperidine rings is 2. The number of carbonyl (C=O) groups excluding carboxylic acids is 3. The number of nitrogens with zero attached hydrogens (tertiary/aromatic N) is 5. The predicted octanol–water partition coefficient (Wildman–Crippen LogP) is 3.79. The second-order valence-corrected chi connectivity index (χ2v) is 14.8. The fourth-order valence-corrected chi connectivity index (χ4v) is 8.22. The molecule has 54 heavy (non-hydrogen) atoms. The summed E-state index contributed by atoms with van der Waals surface area (Å²) in [5.41, 5.74) is 10.5. The van der Waals surface area contributed by atoms with Crippen LogP contribution in [0.3, 0.4) is 0 Å². The second kappa shape index (κ2) is 17.1. The maximum absolute atomic E-state index is 12.5. The topological polar surface area (TPSA) is 167 Å². The molecule has 5 N–H and O–H groups in total. The Labute approximate surface area is 317 Å². The number of hydrogen-bond donors (Lipinski definition) is 4. The van der Waals surface area contributed by atoms with E-state index in [1.807, 2.05) is 31.2 Å². The highest BCUT2D eigenvalue weighted by atomic mass is 16.5. The van der Waals surface area contributed by atoms with Gasteiger partial charge in [0.15, 0.2) is 17.3 Å². The average Bonchev–Trinajstić information content (AvgIpc) is 3.19. The first-order valence-corrected chi connectivity index (χ1v) is 19.4. The summed E-state index contributed by atoms with van der Waals surface area (Å²) in [7, 11) is 1.68. The fraction of sp³-hybridized carbons (Fsp3) is 0.525. The number of hydrogen-bond acceptors (Lipinski definition) is 12. The number of primary amides is 1. The van der Waals surface area contributed by atoms with Gasteiger partial charge in [-0.25, -0.2) is 9.97 Å². The monoisotopic (exact) mass is 739 g/mol. The maximum atomic E-state index is 12.5. The zero-order valence-corrected chi connectivity index (χ0v) is 31.4. The molecule has 4 fully saturated rings. The molecule has 4 aliphatic heterocycles. The quantitative estimate of drug-likeness (QED) is 0.199. The third-order valence-corrected chi connectivity index (χ3v) is 11.3. The number of aromatic nitrogens is 2. The van der Waals surface area contributed by atoms with Gasteiger partial charge in [-0.3, -0.25) is 29.5 Å². The van der Waals surface area contributed by atoms with Crippen LogP contribution in [-0.2, 0) is 27.3 Å². The minimum atomic E-state index is -0.637. The van der Waals surface area contributed by atoms with Crippen LogP contribution in [0.1, 0.15) is 78.7 Å². The first kappa shape index (κ1) is 37.5. The number of rotatable bonds is 12. The number of imide groups is 1. The van der Waals surface area contributed by atoms with E-state index in [9.17, 15) is 14.4 Å². The molecular formula is C40H53N9O5. The van der Waals surface area contributed by atoms with Crippen LogP contribution in [0.2, 0.25) is 0 Å². The number of benzene rings is 2. The van der Waals surface area contributed by atoms with Crippen molar-refractivity contribution in [3.8, 4) is 5.75 Å². The molecule has 7 rings (SSSR count). The lowest BCUT2D eigenvalue weighted by molar-refractivity contribution is -0.134. The van der Waals surface area contributed by atoms with Crippen molar-refractivity contribution in [1.29, 1.82) is 0 Å². The number of methoxy groups -OCH3 is 1. The smallest absolute Gasteiger partial charge is 0.271 e. The molecule has 4 aliphatic rings. The van der Waals surface area contributed by atoms with E-state index in [2.05, 4.69) is 53.8 Å². The van der Waals surface area contributed by atoms with Gasteiger partial charge in [0.25, 0.3) is 5.91 Å². The number of piperazine rings is 1. The third-order valence-electron chi connectivity index (χ3n) is 11.3. The van der Waals surface area contributed by atoms with E-state index < -0.39 is 5.91 Å². The molecule has 0 saturated carbocycles. The van der Waals surface area contributed by atoms with E-state index in [-0.39, 0.29) is 29.5 Å². The molecule has 14 heteroatoms. The zero-order valence-electron chi connectivity index (χ0n) is 31.4. The van der Waals surface area contributed by atoms with Gasteiger partial charge in [0.2, 0.25) is 11.8 Å². The Balaban J connectivity index is 0.934. The molecule has 0 aliphatic carbocycles. The lowest BCUT2D eigenvalue weighted by Gasteiger charge is -2.43. The molecule has 14 nitrogen and oxygen atoms in total. The molecule has 0 radical (unpaired) electrons. The molecule has 0 bridgehead atoms. The van der Waals surface area contributed by atoms with Crippen molar-refractivity contribution in [2.45, 2.75) is 76.4 Å². The van der Waals surface area contributed by atoms with Crippen molar-refractivity contribution in [2.75, 3.05) is 75.1 Å². The van der Waals surface area contributed by atoms with Gasteiger partial charge in [-0.05, 0) is 61.8 Å². The second-order valence-electron chi connectivity index (χ2n) is 14.8. The van der Waals surface area contributed by atoms with Crippen LogP contribution >= 0.6 is 0 Å². The minimum absolute atomic E-state index is 0.106. The molecule has 3 amide bonds. The van der Waals surface area contributed by atoms with Crippen molar-refractivity contribution in [2.24, 2.45) is 5.73 Å². The molecule has 2 aromatic carbocycles. The van der Waals surface area contributed by atoms with Gasteiger partial charge in [-0.1, -0.05) is 31.2 Å². The number of nitrogens with one attached hydrogen (secondary N) is 3. The number of aryl methyl sites for hydroxylation is 1. The summed E-state index contributed by atoms with van der Waals surface area (Å²) in [4.78, 5) is 53.5. The zero-order chi connectivity index (χ0) is 37.6. The molecule has 288 valence electrons. The summed E-state index contributed by atoms with van der Waals surface area (Å²) in [6.45, 7) is 10.2. The summed E-state index contributed by atoms with van der Waals surface area (Å²) >= 11 is 0. The van der Waals surface area contributed by atoms with Gasteiger partial charge in [0.05, 0.1) is 24.4 Å². The van der Waals surface area contributed by atoms with E-state index >= 15 is 0 Å². The lowest BCUT2D eigenvalue weighted by atomic mass is 9.89. The Bertz CT molecular complexity index is 1820. The molecular weight excluding hydrogens is 686 g/mol.